The summed E-state index contributed by atoms with van der Waals surface area (Å²) in [6.07, 6.45) is 0. The van der Waals surface area contributed by atoms with E-state index in [0.717, 1.165) is 11.4 Å². The van der Waals surface area contributed by atoms with Gasteiger partial charge in [-0.2, -0.15) is 0 Å². The van der Waals surface area contributed by atoms with E-state index in [1.54, 1.807) is 0 Å². The number of fused-ring (bicyclic) bond motifs is 6. The maximum absolute atomic E-state index is 2.43. The molecule has 10 rings (SSSR count). The van der Waals surface area contributed by atoms with Gasteiger partial charge in [0, 0.05) is 26.8 Å². The molecule has 0 fully saturated rings. The Morgan fingerprint density at radius 2 is 0.800 bits per heavy atom. The number of rotatable bonds is 5. The summed E-state index contributed by atoms with van der Waals surface area (Å²) in [5.41, 5.74) is 8.36. The Balaban J connectivity index is 1.14. The number of hydrogen-bond donors (Lipinski definition) is 0. The van der Waals surface area contributed by atoms with Gasteiger partial charge >= 0.3 is 0 Å². The van der Waals surface area contributed by atoms with Crippen LogP contribution in [0.15, 0.2) is 188 Å². The van der Waals surface area contributed by atoms with E-state index >= 15 is 0 Å². The van der Waals surface area contributed by atoms with Crippen LogP contribution < -0.4 is 4.90 Å². The molecule has 234 valence electrons. The van der Waals surface area contributed by atoms with Gasteiger partial charge in [-0.05, 0) is 97.0 Å². The van der Waals surface area contributed by atoms with Crippen molar-refractivity contribution in [2.75, 3.05) is 4.90 Å². The van der Waals surface area contributed by atoms with Gasteiger partial charge in [-0.1, -0.05) is 146 Å². The molecule has 2 heteroatoms. The van der Waals surface area contributed by atoms with E-state index < -0.39 is 0 Å². The molecule has 0 amide bonds. The quantitative estimate of drug-likeness (QED) is 0.179. The van der Waals surface area contributed by atoms with Gasteiger partial charge < -0.3 is 4.90 Å². The molecule has 0 radical (unpaired) electrons. The Morgan fingerprint density at radius 3 is 1.38 bits per heavy atom. The van der Waals surface area contributed by atoms with E-state index in [1.165, 1.54) is 80.4 Å². The van der Waals surface area contributed by atoms with E-state index in [2.05, 4.69) is 193 Å². The molecule has 9 aromatic carbocycles. The lowest BCUT2D eigenvalue weighted by atomic mass is 9.97. The van der Waals surface area contributed by atoms with E-state index in [9.17, 15) is 0 Å². The van der Waals surface area contributed by atoms with Crippen molar-refractivity contribution in [3.8, 4) is 22.3 Å². The molecule has 0 N–H and O–H groups in total. The first-order valence-electron chi connectivity index (χ1n) is 17.1. The van der Waals surface area contributed by atoms with Gasteiger partial charge in [0.2, 0.25) is 0 Å². The van der Waals surface area contributed by atoms with Crippen LogP contribution in [-0.4, -0.2) is 0 Å². The van der Waals surface area contributed by atoms with Gasteiger partial charge in [-0.15, -0.1) is 11.3 Å². The van der Waals surface area contributed by atoms with Gasteiger partial charge in [0.1, 0.15) is 0 Å². The van der Waals surface area contributed by atoms with Crippen LogP contribution in [0.2, 0.25) is 0 Å². The molecule has 50 heavy (non-hydrogen) atoms. The molecule has 1 nitrogen and oxygen atoms in total. The molecule has 0 saturated heterocycles. The molecule has 0 aliphatic rings. The summed E-state index contributed by atoms with van der Waals surface area (Å²) >= 11 is 1.88. The molecule has 0 atom stereocenters. The fraction of sp³-hybridized carbons (Fsp3) is 0. The molecular weight excluding hydrogens is 623 g/mol. The minimum atomic E-state index is 1.13. The van der Waals surface area contributed by atoms with Crippen LogP contribution in [0.5, 0.6) is 0 Å². The molecule has 0 unspecified atom stereocenters. The minimum absolute atomic E-state index is 1.13. The Hall–Kier alpha value is -6.22. The molecule has 0 saturated carbocycles. The zero-order chi connectivity index (χ0) is 33.0. The van der Waals surface area contributed by atoms with Crippen molar-refractivity contribution in [2.24, 2.45) is 0 Å². The smallest absolute Gasteiger partial charge is 0.0640 e. The standard InChI is InChI=1S/C48H31NS/c1-2-13-37-31-47-45(30-36(37)12-1)44-20-9-21-46(48(44)50-47)49(38-26-22-34(23-27-38)42-18-7-14-32-10-3-5-16-40(32)42)39-28-24-35(25-29-39)43-19-8-15-33-11-4-6-17-41(33)43/h1-31H. The summed E-state index contributed by atoms with van der Waals surface area (Å²) in [6, 6.07) is 68.7. The van der Waals surface area contributed by atoms with Crippen LogP contribution >= 0.6 is 11.3 Å². The lowest BCUT2D eigenvalue weighted by Crippen LogP contribution is -2.10. The Morgan fingerprint density at radius 1 is 0.340 bits per heavy atom. The first-order chi connectivity index (χ1) is 24.8. The number of nitrogens with zero attached hydrogens (tertiary/aromatic N) is 1. The molecule has 1 heterocycles. The third-order valence-electron chi connectivity index (χ3n) is 10.0. The third kappa shape index (κ3) is 4.76. The van der Waals surface area contributed by atoms with Crippen molar-refractivity contribution >= 4 is 80.9 Å². The molecule has 0 bridgehead atoms. The Kier molecular flexibility index (Phi) is 6.75. The van der Waals surface area contributed by atoms with Crippen LogP contribution in [0.1, 0.15) is 0 Å². The number of anilines is 3. The maximum Gasteiger partial charge on any atom is 0.0640 e. The largest absolute Gasteiger partial charge is 0.309 e. The van der Waals surface area contributed by atoms with Gasteiger partial charge in [0.25, 0.3) is 0 Å². The predicted octanol–water partition coefficient (Wildman–Crippen LogP) is 14.3. The first-order valence-corrected chi connectivity index (χ1v) is 17.9. The van der Waals surface area contributed by atoms with Gasteiger partial charge in [0.15, 0.2) is 0 Å². The zero-order valence-corrected chi connectivity index (χ0v) is 28.1. The summed E-state index contributed by atoms with van der Waals surface area (Å²) in [7, 11) is 0. The van der Waals surface area contributed by atoms with Crippen molar-refractivity contribution in [3.63, 3.8) is 0 Å². The van der Waals surface area contributed by atoms with Gasteiger partial charge in [0.05, 0.1) is 10.4 Å². The van der Waals surface area contributed by atoms with Crippen LogP contribution in [0, 0.1) is 0 Å². The Bertz CT molecular complexity index is 2730. The summed E-state index contributed by atoms with van der Waals surface area (Å²) in [5, 5.41) is 10.2. The van der Waals surface area contributed by atoms with Crippen molar-refractivity contribution < 1.29 is 0 Å². The first kappa shape index (κ1) is 28.8. The topological polar surface area (TPSA) is 3.24 Å². The van der Waals surface area contributed by atoms with E-state index in [1.807, 2.05) is 11.3 Å². The monoisotopic (exact) mass is 653 g/mol. The number of thiophene rings is 1. The summed E-state index contributed by atoms with van der Waals surface area (Å²) in [6.45, 7) is 0. The highest BCUT2D eigenvalue weighted by Crippen LogP contribution is 2.46. The maximum atomic E-state index is 2.43. The van der Waals surface area contributed by atoms with Crippen LogP contribution in [0.3, 0.4) is 0 Å². The molecular formula is C48H31NS. The van der Waals surface area contributed by atoms with Crippen LogP contribution in [0.25, 0.3) is 74.7 Å². The highest BCUT2D eigenvalue weighted by Gasteiger charge is 2.19. The van der Waals surface area contributed by atoms with Crippen molar-refractivity contribution in [1.82, 2.24) is 0 Å². The normalized spacial score (nSPS) is 11.6. The lowest BCUT2D eigenvalue weighted by molar-refractivity contribution is 1.30. The molecule has 1 aromatic heterocycles. The van der Waals surface area contributed by atoms with Crippen molar-refractivity contribution in [1.29, 1.82) is 0 Å². The highest BCUT2D eigenvalue weighted by atomic mass is 32.1. The fourth-order valence-corrected chi connectivity index (χ4v) is 8.84. The average molecular weight is 654 g/mol. The fourth-order valence-electron chi connectivity index (χ4n) is 7.61. The lowest BCUT2D eigenvalue weighted by Gasteiger charge is -2.26. The van der Waals surface area contributed by atoms with Crippen LogP contribution in [0.4, 0.5) is 17.1 Å². The second kappa shape index (κ2) is 11.7. The molecule has 0 aliphatic carbocycles. The zero-order valence-electron chi connectivity index (χ0n) is 27.3. The number of hydrogen-bond acceptors (Lipinski definition) is 2. The van der Waals surface area contributed by atoms with Gasteiger partial charge in [-0.25, -0.2) is 0 Å². The number of benzene rings is 9. The van der Waals surface area contributed by atoms with E-state index in [4.69, 9.17) is 0 Å². The van der Waals surface area contributed by atoms with Crippen molar-refractivity contribution in [3.05, 3.63) is 188 Å². The van der Waals surface area contributed by atoms with Crippen LogP contribution in [-0.2, 0) is 0 Å². The molecule has 10 aromatic rings. The van der Waals surface area contributed by atoms with E-state index in [-0.39, 0.29) is 0 Å². The second-order valence-corrected chi connectivity index (χ2v) is 14.0. The minimum Gasteiger partial charge on any atom is -0.309 e. The molecule has 0 spiro atoms. The summed E-state index contributed by atoms with van der Waals surface area (Å²) < 4.78 is 2.60. The molecule has 0 aliphatic heterocycles. The van der Waals surface area contributed by atoms with Crippen molar-refractivity contribution in [2.45, 2.75) is 0 Å². The Labute approximate surface area is 294 Å². The van der Waals surface area contributed by atoms with Gasteiger partial charge in [-0.3, -0.25) is 0 Å². The van der Waals surface area contributed by atoms with E-state index in [0.29, 0.717) is 0 Å². The average Bonchev–Trinajstić information content (AvgIpc) is 3.55. The summed E-state index contributed by atoms with van der Waals surface area (Å²) in [5.74, 6) is 0. The second-order valence-electron chi connectivity index (χ2n) is 12.9. The SMILES string of the molecule is c1ccc2cc3c(cc2c1)sc1c(N(c2ccc(-c4cccc5ccccc45)cc2)c2ccc(-c4cccc5ccccc45)cc2)cccc13. The highest BCUT2D eigenvalue weighted by molar-refractivity contribution is 7.26. The summed E-state index contributed by atoms with van der Waals surface area (Å²) in [4.78, 5) is 2.43. The predicted molar refractivity (Wildman–Crippen MR) is 217 cm³/mol. The third-order valence-corrected chi connectivity index (χ3v) is 11.2.